The molecule has 7 heteroatoms. The smallest absolute Gasteiger partial charge is 0.260 e. The zero-order valence-electron chi connectivity index (χ0n) is 14.3. The number of anilines is 1. The van der Waals surface area contributed by atoms with Crippen molar-refractivity contribution in [3.8, 4) is 5.75 Å². The summed E-state index contributed by atoms with van der Waals surface area (Å²) in [6.07, 6.45) is 2.76. The standard InChI is InChI=1S/C19H18Cl2N2O2S/c1-3-11-4-6-13(7-5-11)22-19-23-18(24)16(26-19)10-12-8-14(20)17(25-2)15(21)9-12/h4-10,19,22H,3H2,1-2H3,(H,23,24)/b16-10-/t19-/m0/s1. The summed E-state index contributed by atoms with van der Waals surface area (Å²) in [6.45, 7) is 2.12. The highest BCUT2D eigenvalue weighted by Gasteiger charge is 2.27. The Labute approximate surface area is 166 Å². The SMILES string of the molecule is CCc1ccc(N[C@H]2NC(=O)/C(=C/c3cc(Cl)c(OC)c(Cl)c3)S2)cc1. The largest absolute Gasteiger partial charge is 0.494 e. The van der Waals surface area contributed by atoms with E-state index in [1.165, 1.54) is 24.4 Å². The molecule has 0 unspecified atom stereocenters. The van der Waals surface area contributed by atoms with E-state index in [0.717, 1.165) is 17.7 Å². The molecule has 0 bridgehead atoms. The third kappa shape index (κ3) is 4.29. The van der Waals surface area contributed by atoms with E-state index in [0.29, 0.717) is 20.7 Å². The van der Waals surface area contributed by atoms with E-state index in [1.807, 2.05) is 12.1 Å². The van der Waals surface area contributed by atoms with Gasteiger partial charge in [-0.2, -0.15) is 0 Å². The van der Waals surface area contributed by atoms with Gasteiger partial charge in [0.25, 0.3) is 5.91 Å². The lowest BCUT2D eigenvalue weighted by molar-refractivity contribution is -0.116. The highest BCUT2D eigenvalue weighted by molar-refractivity contribution is 8.05. The topological polar surface area (TPSA) is 50.4 Å². The molecule has 3 rings (SSSR count). The summed E-state index contributed by atoms with van der Waals surface area (Å²) in [5.74, 6) is 0.287. The molecule has 0 aromatic heterocycles. The Balaban J connectivity index is 1.73. The summed E-state index contributed by atoms with van der Waals surface area (Å²) >= 11 is 13.7. The number of aryl methyl sites for hydroxylation is 1. The highest BCUT2D eigenvalue weighted by atomic mass is 35.5. The number of amides is 1. The van der Waals surface area contributed by atoms with Crippen LogP contribution in [0.1, 0.15) is 18.1 Å². The number of nitrogens with one attached hydrogen (secondary N) is 2. The zero-order chi connectivity index (χ0) is 18.7. The third-order valence-corrected chi connectivity index (χ3v) is 5.50. The quantitative estimate of drug-likeness (QED) is 0.670. The fourth-order valence-corrected chi connectivity index (χ4v) is 4.21. The van der Waals surface area contributed by atoms with E-state index in [-0.39, 0.29) is 11.4 Å². The molecule has 1 amide bonds. The molecule has 1 aliphatic rings. The number of hydrogen-bond acceptors (Lipinski definition) is 4. The molecular weight excluding hydrogens is 391 g/mol. The summed E-state index contributed by atoms with van der Waals surface area (Å²) in [7, 11) is 1.51. The van der Waals surface area contributed by atoms with Gasteiger partial charge in [0.15, 0.2) is 11.2 Å². The fraction of sp³-hybridized carbons (Fsp3) is 0.211. The van der Waals surface area contributed by atoms with Gasteiger partial charge in [0.05, 0.1) is 22.1 Å². The Kier molecular flexibility index (Phi) is 6.01. The summed E-state index contributed by atoms with van der Waals surface area (Å²) in [5, 5.41) is 7.01. The zero-order valence-corrected chi connectivity index (χ0v) is 16.6. The molecule has 0 spiro atoms. The van der Waals surface area contributed by atoms with Crippen LogP contribution in [0.15, 0.2) is 41.3 Å². The molecule has 26 heavy (non-hydrogen) atoms. The number of carbonyl (C=O) groups excluding carboxylic acids is 1. The summed E-state index contributed by atoms with van der Waals surface area (Å²) < 4.78 is 5.14. The maximum atomic E-state index is 12.2. The second kappa shape index (κ2) is 8.25. The molecule has 1 atom stereocenters. The monoisotopic (exact) mass is 408 g/mol. The normalized spacial score (nSPS) is 18.1. The van der Waals surface area contributed by atoms with Gasteiger partial charge in [0.2, 0.25) is 0 Å². The molecule has 2 aromatic carbocycles. The summed E-state index contributed by atoms with van der Waals surface area (Å²) in [5.41, 5.74) is 2.74. The number of halogens is 2. The van der Waals surface area contributed by atoms with Gasteiger partial charge < -0.3 is 15.4 Å². The maximum absolute atomic E-state index is 12.2. The predicted molar refractivity (Wildman–Crippen MR) is 110 cm³/mol. The van der Waals surface area contributed by atoms with E-state index >= 15 is 0 Å². The van der Waals surface area contributed by atoms with E-state index in [4.69, 9.17) is 27.9 Å². The fourth-order valence-electron chi connectivity index (χ4n) is 2.56. The number of thioether (sulfide) groups is 1. The van der Waals surface area contributed by atoms with Gasteiger partial charge in [-0.05, 0) is 47.9 Å². The average molecular weight is 409 g/mol. The number of ether oxygens (including phenoxy) is 1. The average Bonchev–Trinajstić information content (AvgIpc) is 2.94. The van der Waals surface area contributed by atoms with Gasteiger partial charge in [0, 0.05) is 5.69 Å². The molecular formula is C19H18Cl2N2O2S. The van der Waals surface area contributed by atoms with Crippen LogP contribution in [0.5, 0.6) is 5.75 Å². The number of methoxy groups -OCH3 is 1. The van der Waals surface area contributed by atoms with Crippen LogP contribution in [0.2, 0.25) is 10.0 Å². The Hall–Kier alpha value is -1.82. The van der Waals surface area contributed by atoms with Crippen LogP contribution in [0.25, 0.3) is 6.08 Å². The van der Waals surface area contributed by atoms with Crippen molar-refractivity contribution < 1.29 is 9.53 Å². The van der Waals surface area contributed by atoms with Crippen LogP contribution in [-0.4, -0.2) is 18.5 Å². The van der Waals surface area contributed by atoms with E-state index in [1.54, 1.807) is 18.2 Å². The number of hydrogen-bond donors (Lipinski definition) is 2. The van der Waals surface area contributed by atoms with Gasteiger partial charge in [-0.25, -0.2) is 0 Å². The van der Waals surface area contributed by atoms with Crippen molar-refractivity contribution >= 4 is 52.6 Å². The second-order valence-electron chi connectivity index (χ2n) is 5.69. The van der Waals surface area contributed by atoms with Crippen molar-refractivity contribution in [1.82, 2.24) is 5.32 Å². The van der Waals surface area contributed by atoms with Crippen molar-refractivity contribution in [2.24, 2.45) is 0 Å². The van der Waals surface area contributed by atoms with Crippen molar-refractivity contribution in [2.45, 2.75) is 18.8 Å². The number of carbonyl (C=O) groups is 1. The molecule has 0 saturated carbocycles. The molecule has 136 valence electrons. The molecule has 1 heterocycles. The Bertz CT molecular complexity index is 830. The number of rotatable bonds is 5. The first-order chi connectivity index (χ1) is 12.5. The van der Waals surface area contributed by atoms with Gasteiger partial charge in [-0.1, -0.05) is 54.0 Å². The van der Waals surface area contributed by atoms with E-state index in [2.05, 4.69) is 29.7 Å². The second-order valence-corrected chi connectivity index (χ2v) is 7.65. The minimum absolute atomic E-state index is 0.138. The molecule has 4 nitrogen and oxygen atoms in total. The van der Waals surface area contributed by atoms with Crippen molar-refractivity contribution in [1.29, 1.82) is 0 Å². The van der Waals surface area contributed by atoms with Crippen LogP contribution in [0.3, 0.4) is 0 Å². The van der Waals surface area contributed by atoms with Crippen LogP contribution < -0.4 is 15.4 Å². The van der Waals surface area contributed by atoms with Gasteiger partial charge in [-0.3, -0.25) is 4.79 Å². The minimum atomic E-state index is -0.231. The molecule has 2 aromatic rings. The minimum Gasteiger partial charge on any atom is -0.494 e. The summed E-state index contributed by atoms with van der Waals surface area (Å²) in [4.78, 5) is 12.8. The van der Waals surface area contributed by atoms with Crippen LogP contribution >= 0.6 is 35.0 Å². The van der Waals surface area contributed by atoms with Gasteiger partial charge in [0.1, 0.15) is 0 Å². The third-order valence-electron chi connectivity index (χ3n) is 3.91. The molecule has 0 aliphatic carbocycles. The highest BCUT2D eigenvalue weighted by Crippen LogP contribution is 2.36. The first kappa shape index (κ1) is 19.0. The Morgan fingerprint density at radius 3 is 2.46 bits per heavy atom. The van der Waals surface area contributed by atoms with E-state index < -0.39 is 0 Å². The molecule has 2 N–H and O–H groups in total. The Morgan fingerprint density at radius 1 is 1.23 bits per heavy atom. The Morgan fingerprint density at radius 2 is 1.88 bits per heavy atom. The van der Waals surface area contributed by atoms with Crippen molar-refractivity contribution in [2.75, 3.05) is 12.4 Å². The van der Waals surface area contributed by atoms with E-state index in [9.17, 15) is 4.79 Å². The first-order valence-electron chi connectivity index (χ1n) is 8.08. The predicted octanol–water partition coefficient (Wildman–Crippen LogP) is 5.16. The van der Waals surface area contributed by atoms with Crippen molar-refractivity contribution in [3.63, 3.8) is 0 Å². The maximum Gasteiger partial charge on any atom is 0.260 e. The molecule has 1 saturated heterocycles. The van der Waals surface area contributed by atoms with Crippen molar-refractivity contribution in [3.05, 3.63) is 62.5 Å². The van der Waals surface area contributed by atoms with Gasteiger partial charge in [-0.15, -0.1) is 0 Å². The lowest BCUT2D eigenvalue weighted by Gasteiger charge is -2.12. The van der Waals surface area contributed by atoms with Gasteiger partial charge >= 0.3 is 0 Å². The molecule has 1 aliphatic heterocycles. The lowest BCUT2D eigenvalue weighted by atomic mass is 10.1. The number of benzene rings is 2. The molecule has 1 fully saturated rings. The van der Waals surface area contributed by atoms with Crippen LogP contribution in [0, 0.1) is 0 Å². The molecule has 0 radical (unpaired) electrons. The first-order valence-corrected chi connectivity index (χ1v) is 9.71. The summed E-state index contributed by atoms with van der Waals surface area (Å²) in [6, 6.07) is 11.6. The lowest BCUT2D eigenvalue weighted by Crippen LogP contribution is -2.30. The van der Waals surface area contributed by atoms with Crippen LogP contribution in [0.4, 0.5) is 5.69 Å². The van der Waals surface area contributed by atoms with Crippen LogP contribution in [-0.2, 0) is 11.2 Å².